The molecule has 2 aromatic heterocycles. The number of anilines is 1. The third kappa shape index (κ3) is 2.58. The molecule has 1 fully saturated rings. The fraction of sp³-hybridized carbons (Fsp3) is 0.529. The van der Waals surface area contributed by atoms with E-state index in [2.05, 4.69) is 27.9 Å². The fourth-order valence-corrected chi connectivity index (χ4v) is 4.61. The third-order valence-electron chi connectivity index (χ3n) is 5.03. The van der Waals surface area contributed by atoms with Crippen LogP contribution in [-0.4, -0.2) is 15.7 Å². The maximum atomic E-state index is 12.2. The number of nitrogens with zero attached hydrogens (tertiary/aromatic N) is 2. The second kappa shape index (κ2) is 5.88. The highest BCUT2D eigenvalue weighted by molar-refractivity contribution is 7.09. The van der Waals surface area contributed by atoms with E-state index in [1.807, 2.05) is 10.9 Å². The van der Waals surface area contributed by atoms with Crippen molar-refractivity contribution in [2.24, 2.45) is 5.92 Å². The maximum absolute atomic E-state index is 12.2. The Morgan fingerprint density at radius 3 is 2.95 bits per heavy atom. The second-order valence-corrected chi connectivity index (χ2v) is 7.47. The molecule has 1 aliphatic carbocycles. The van der Waals surface area contributed by atoms with Gasteiger partial charge in [0, 0.05) is 22.8 Å². The molecule has 4 rings (SSSR count). The first kappa shape index (κ1) is 14.0. The number of hydrogen-bond acceptors (Lipinski definition) is 3. The van der Waals surface area contributed by atoms with Crippen LogP contribution in [0.5, 0.6) is 0 Å². The van der Waals surface area contributed by atoms with Gasteiger partial charge in [-0.3, -0.25) is 4.79 Å². The van der Waals surface area contributed by atoms with Gasteiger partial charge in [-0.2, -0.15) is 5.10 Å². The van der Waals surface area contributed by atoms with Gasteiger partial charge in [0.1, 0.15) is 5.82 Å². The van der Waals surface area contributed by atoms with Crippen molar-refractivity contribution in [3.05, 3.63) is 34.2 Å². The summed E-state index contributed by atoms with van der Waals surface area (Å²) in [5.74, 6) is 2.09. The van der Waals surface area contributed by atoms with Gasteiger partial charge in [0.15, 0.2) is 0 Å². The SMILES string of the molecule is O=C1C[C@@H](C2CCCCC2)c2cnn(Cc3cccs3)c2N1. The molecule has 22 heavy (non-hydrogen) atoms. The normalized spacial score (nSPS) is 22.4. The lowest BCUT2D eigenvalue weighted by Crippen LogP contribution is -2.29. The van der Waals surface area contributed by atoms with Crippen LogP contribution in [0.1, 0.15) is 54.9 Å². The molecule has 1 amide bonds. The van der Waals surface area contributed by atoms with E-state index in [9.17, 15) is 4.79 Å². The molecular formula is C17H21N3OS. The van der Waals surface area contributed by atoms with Crippen molar-refractivity contribution in [2.75, 3.05) is 5.32 Å². The van der Waals surface area contributed by atoms with Crippen molar-refractivity contribution in [3.8, 4) is 0 Å². The first-order chi connectivity index (χ1) is 10.8. The highest BCUT2D eigenvalue weighted by atomic mass is 32.1. The lowest BCUT2D eigenvalue weighted by Gasteiger charge is -2.32. The van der Waals surface area contributed by atoms with Gasteiger partial charge in [-0.05, 0) is 30.2 Å². The maximum Gasteiger partial charge on any atom is 0.226 e. The topological polar surface area (TPSA) is 46.9 Å². The third-order valence-corrected chi connectivity index (χ3v) is 5.90. The van der Waals surface area contributed by atoms with Crippen LogP contribution in [0.2, 0.25) is 0 Å². The van der Waals surface area contributed by atoms with Gasteiger partial charge in [0.05, 0.1) is 12.7 Å². The number of thiophene rings is 1. The Morgan fingerprint density at radius 2 is 2.18 bits per heavy atom. The van der Waals surface area contributed by atoms with Gasteiger partial charge in [-0.1, -0.05) is 25.3 Å². The Hall–Kier alpha value is -1.62. The number of nitrogens with one attached hydrogen (secondary N) is 1. The minimum atomic E-state index is 0.149. The average molecular weight is 315 g/mol. The van der Waals surface area contributed by atoms with Gasteiger partial charge in [0.25, 0.3) is 0 Å². The van der Waals surface area contributed by atoms with Crippen LogP contribution in [0.25, 0.3) is 0 Å². The molecular weight excluding hydrogens is 294 g/mol. The van der Waals surface area contributed by atoms with Crippen LogP contribution in [0.3, 0.4) is 0 Å². The van der Waals surface area contributed by atoms with E-state index < -0.39 is 0 Å². The molecule has 1 atom stereocenters. The smallest absolute Gasteiger partial charge is 0.226 e. The quantitative estimate of drug-likeness (QED) is 0.930. The molecule has 3 heterocycles. The molecule has 4 nitrogen and oxygen atoms in total. The van der Waals surface area contributed by atoms with Crippen molar-refractivity contribution in [2.45, 2.75) is 51.0 Å². The molecule has 5 heteroatoms. The lowest BCUT2D eigenvalue weighted by molar-refractivity contribution is -0.117. The molecule has 0 bridgehead atoms. The van der Waals surface area contributed by atoms with Gasteiger partial charge in [-0.25, -0.2) is 4.68 Å². The first-order valence-electron chi connectivity index (χ1n) is 8.19. The predicted octanol–water partition coefficient (Wildman–Crippen LogP) is 4.00. The Balaban J connectivity index is 1.63. The minimum absolute atomic E-state index is 0.149. The number of fused-ring (bicyclic) bond motifs is 1. The second-order valence-electron chi connectivity index (χ2n) is 6.44. The monoisotopic (exact) mass is 315 g/mol. The van der Waals surface area contributed by atoms with E-state index in [0.717, 1.165) is 12.4 Å². The molecule has 0 saturated heterocycles. The summed E-state index contributed by atoms with van der Waals surface area (Å²) in [6.07, 6.45) is 9.09. The van der Waals surface area contributed by atoms with Crippen molar-refractivity contribution in [1.82, 2.24) is 9.78 Å². The summed E-state index contributed by atoms with van der Waals surface area (Å²) in [6, 6.07) is 4.17. The minimum Gasteiger partial charge on any atom is -0.311 e. The first-order valence-corrected chi connectivity index (χ1v) is 9.07. The van der Waals surface area contributed by atoms with E-state index in [1.165, 1.54) is 42.5 Å². The molecule has 0 spiro atoms. The zero-order valence-electron chi connectivity index (χ0n) is 12.6. The fourth-order valence-electron chi connectivity index (χ4n) is 3.93. The zero-order valence-corrected chi connectivity index (χ0v) is 13.4. The van der Waals surface area contributed by atoms with Gasteiger partial charge < -0.3 is 5.32 Å². The summed E-state index contributed by atoms with van der Waals surface area (Å²) >= 11 is 1.73. The van der Waals surface area contributed by atoms with Crippen molar-refractivity contribution < 1.29 is 4.79 Å². The van der Waals surface area contributed by atoms with Crippen LogP contribution in [-0.2, 0) is 11.3 Å². The van der Waals surface area contributed by atoms with E-state index in [4.69, 9.17) is 0 Å². The number of carbonyl (C=O) groups is 1. The standard InChI is InChI=1S/C17H21N3OS/c21-16-9-14(12-5-2-1-3-6-12)15-10-18-20(17(15)19-16)11-13-7-4-8-22-13/h4,7-8,10,12,14H,1-3,5-6,9,11H2,(H,19,21)/t14-/m0/s1. The lowest BCUT2D eigenvalue weighted by atomic mass is 9.75. The van der Waals surface area contributed by atoms with Crippen molar-refractivity contribution in [1.29, 1.82) is 0 Å². The molecule has 116 valence electrons. The number of rotatable bonds is 3. The highest BCUT2D eigenvalue weighted by Crippen LogP contribution is 2.43. The highest BCUT2D eigenvalue weighted by Gasteiger charge is 2.34. The zero-order chi connectivity index (χ0) is 14.9. The van der Waals surface area contributed by atoms with Crippen LogP contribution < -0.4 is 5.32 Å². The Morgan fingerprint density at radius 1 is 1.32 bits per heavy atom. The Labute approximate surface area is 134 Å². The predicted molar refractivity (Wildman–Crippen MR) is 88.2 cm³/mol. The summed E-state index contributed by atoms with van der Waals surface area (Å²) < 4.78 is 1.95. The summed E-state index contributed by atoms with van der Waals surface area (Å²) in [7, 11) is 0. The molecule has 1 N–H and O–H groups in total. The van der Waals surface area contributed by atoms with E-state index in [0.29, 0.717) is 18.3 Å². The van der Waals surface area contributed by atoms with E-state index in [1.54, 1.807) is 11.3 Å². The van der Waals surface area contributed by atoms with Crippen LogP contribution in [0.15, 0.2) is 23.7 Å². The summed E-state index contributed by atoms with van der Waals surface area (Å²) in [4.78, 5) is 13.4. The Kier molecular flexibility index (Phi) is 3.74. The summed E-state index contributed by atoms with van der Waals surface area (Å²) in [5, 5.41) is 9.70. The molecule has 2 aliphatic rings. The summed E-state index contributed by atoms with van der Waals surface area (Å²) in [5.41, 5.74) is 1.25. The number of hydrogen-bond donors (Lipinski definition) is 1. The van der Waals surface area contributed by atoms with Crippen molar-refractivity contribution >= 4 is 23.1 Å². The molecule has 2 aromatic rings. The van der Waals surface area contributed by atoms with Gasteiger partial charge >= 0.3 is 0 Å². The van der Waals surface area contributed by atoms with Gasteiger partial charge in [-0.15, -0.1) is 11.3 Å². The summed E-state index contributed by atoms with van der Waals surface area (Å²) in [6.45, 7) is 0.741. The number of amides is 1. The Bertz CT molecular complexity index is 656. The van der Waals surface area contributed by atoms with E-state index >= 15 is 0 Å². The van der Waals surface area contributed by atoms with Crippen LogP contribution >= 0.6 is 11.3 Å². The van der Waals surface area contributed by atoms with Gasteiger partial charge in [0.2, 0.25) is 5.91 Å². The van der Waals surface area contributed by atoms with Crippen LogP contribution in [0.4, 0.5) is 5.82 Å². The molecule has 1 saturated carbocycles. The largest absolute Gasteiger partial charge is 0.311 e. The number of carbonyl (C=O) groups excluding carboxylic acids is 1. The number of aromatic nitrogens is 2. The molecule has 0 unspecified atom stereocenters. The van der Waals surface area contributed by atoms with E-state index in [-0.39, 0.29) is 5.91 Å². The molecule has 1 aliphatic heterocycles. The average Bonchev–Trinajstić information content (AvgIpc) is 3.18. The van der Waals surface area contributed by atoms with Crippen molar-refractivity contribution in [3.63, 3.8) is 0 Å². The molecule has 0 radical (unpaired) electrons. The van der Waals surface area contributed by atoms with Crippen LogP contribution in [0, 0.1) is 5.92 Å². The molecule has 0 aromatic carbocycles.